The molecule has 25 heavy (non-hydrogen) atoms. The van der Waals surface area contributed by atoms with Crippen LogP contribution in [0.15, 0.2) is 41.3 Å². The molecule has 0 aromatic heterocycles. The predicted molar refractivity (Wildman–Crippen MR) is 88.4 cm³/mol. The van der Waals surface area contributed by atoms with Gasteiger partial charge in [0, 0.05) is 25.7 Å². The van der Waals surface area contributed by atoms with Crippen LogP contribution in [0.5, 0.6) is 0 Å². The minimum Gasteiger partial charge on any atom is -0.326 e. The molecule has 1 aliphatic heterocycles. The molecule has 0 saturated carbocycles. The lowest BCUT2D eigenvalue weighted by atomic mass is 10.0. The van der Waals surface area contributed by atoms with Gasteiger partial charge in [-0.05, 0) is 41.8 Å². The van der Waals surface area contributed by atoms with E-state index in [-0.39, 0.29) is 18.9 Å². The van der Waals surface area contributed by atoms with Crippen molar-refractivity contribution in [3.8, 4) is 0 Å². The van der Waals surface area contributed by atoms with E-state index in [0.717, 1.165) is 10.4 Å². The molecule has 2 aromatic rings. The average molecular weight is 366 g/mol. The molecule has 1 aliphatic rings. The normalized spacial score (nSPS) is 14.3. The number of halogens is 2. The van der Waals surface area contributed by atoms with Gasteiger partial charge >= 0.3 is 0 Å². The van der Waals surface area contributed by atoms with Crippen LogP contribution in [0.2, 0.25) is 0 Å². The van der Waals surface area contributed by atoms with Crippen LogP contribution in [-0.4, -0.2) is 25.7 Å². The molecule has 8 heteroatoms. The third-order valence-corrected chi connectivity index (χ3v) is 5.88. The lowest BCUT2D eigenvalue weighted by molar-refractivity contribution is -0.116. The molecule has 1 N–H and O–H groups in total. The number of carbonyl (C=O) groups excluding carboxylic acids is 1. The highest BCUT2D eigenvalue weighted by molar-refractivity contribution is 7.89. The van der Waals surface area contributed by atoms with Gasteiger partial charge in [0.05, 0.1) is 0 Å². The molecule has 0 bridgehead atoms. The van der Waals surface area contributed by atoms with E-state index >= 15 is 0 Å². The Morgan fingerprint density at radius 1 is 1.12 bits per heavy atom. The van der Waals surface area contributed by atoms with Gasteiger partial charge in [0.15, 0.2) is 0 Å². The zero-order valence-electron chi connectivity index (χ0n) is 13.4. The molecule has 1 heterocycles. The summed E-state index contributed by atoms with van der Waals surface area (Å²) in [5, 5.41) is 2.53. The van der Waals surface area contributed by atoms with Gasteiger partial charge < -0.3 is 5.32 Å². The van der Waals surface area contributed by atoms with Gasteiger partial charge in [0.1, 0.15) is 16.5 Å². The van der Waals surface area contributed by atoms with E-state index in [1.165, 1.54) is 37.4 Å². The number of anilines is 1. The summed E-state index contributed by atoms with van der Waals surface area (Å²) in [7, 11) is -2.74. The molecule has 132 valence electrons. The van der Waals surface area contributed by atoms with Crippen molar-refractivity contribution in [1.29, 1.82) is 0 Å². The van der Waals surface area contributed by atoms with Crippen LogP contribution < -0.4 is 5.32 Å². The first-order chi connectivity index (χ1) is 11.8. The van der Waals surface area contributed by atoms with Crippen molar-refractivity contribution in [2.75, 3.05) is 12.4 Å². The third-order valence-electron chi connectivity index (χ3n) is 4.06. The fourth-order valence-electron chi connectivity index (χ4n) is 2.68. The second-order valence-corrected chi connectivity index (χ2v) is 7.89. The van der Waals surface area contributed by atoms with Crippen LogP contribution in [-0.2, 0) is 27.8 Å². The largest absolute Gasteiger partial charge is 0.326 e. The summed E-state index contributed by atoms with van der Waals surface area (Å²) in [5.41, 5.74) is 1.46. The Morgan fingerprint density at radius 2 is 1.80 bits per heavy atom. The van der Waals surface area contributed by atoms with E-state index in [1.807, 2.05) is 0 Å². The molecular weight excluding hydrogens is 350 g/mol. The molecule has 0 aliphatic carbocycles. The molecule has 3 rings (SSSR count). The monoisotopic (exact) mass is 366 g/mol. The number of benzene rings is 2. The van der Waals surface area contributed by atoms with Crippen molar-refractivity contribution >= 4 is 21.6 Å². The standard InChI is InChI=1S/C17H16F2N2O3S/c1-21(10-11-2-5-13(18)6-3-11)25(23,24)16-8-12-4-7-17(22)20-15(12)9-14(16)19/h2-3,5-6,8-9H,4,7,10H2,1H3,(H,20,22). The first-order valence-corrected chi connectivity index (χ1v) is 9.04. The second-order valence-electron chi connectivity index (χ2n) is 5.88. The molecule has 0 atom stereocenters. The molecular formula is C17H16F2N2O3S. The number of sulfonamides is 1. The van der Waals surface area contributed by atoms with Crippen molar-refractivity contribution in [1.82, 2.24) is 4.31 Å². The number of carbonyl (C=O) groups is 1. The van der Waals surface area contributed by atoms with Crippen molar-refractivity contribution in [2.24, 2.45) is 0 Å². The summed E-state index contributed by atoms with van der Waals surface area (Å²) >= 11 is 0. The number of fused-ring (bicyclic) bond motifs is 1. The first-order valence-electron chi connectivity index (χ1n) is 7.60. The van der Waals surface area contributed by atoms with Gasteiger partial charge in [-0.15, -0.1) is 0 Å². The molecule has 2 aromatic carbocycles. The van der Waals surface area contributed by atoms with E-state index in [1.54, 1.807) is 0 Å². The molecule has 0 radical (unpaired) electrons. The zero-order valence-corrected chi connectivity index (χ0v) is 14.2. The maximum atomic E-state index is 14.3. The Kier molecular flexibility index (Phi) is 4.57. The fourth-order valence-corrected chi connectivity index (χ4v) is 3.93. The maximum Gasteiger partial charge on any atom is 0.246 e. The number of aryl methyl sites for hydroxylation is 1. The number of nitrogens with one attached hydrogen (secondary N) is 1. The van der Waals surface area contributed by atoms with Crippen molar-refractivity contribution < 1.29 is 22.0 Å². The minimum absolute atomic E-state index is 0.0180. The Bertz CT molecular complexity index is 928. The quantitative estimate of drug-likeness (QED) is 0.905. The average Bonchev–Trinajstić information content (AvgIpc) is 2.56. The number of rotatable bonds is 4. The zero-order chi connectivity index (χ0) is 18.2. The van der Waals surface area contributed by atoms with Crippen molar-refractivity contribution in [3.05, 3.63) is 59.2 Å². The van der Waals surface area contributed by atoms with Crippen LogP contribution in [0.3, 0.4) is 0 Å². The van der Waals surface area contributed by atoms with Gasteiger partial charge in [0.25, 0.3) is 0 Å². The Balaban J connectivity index is 1.91. The summed E-state index contributed by atoms with van der Waals surface area (Å²) in [4.78, 5) is 10.9. The highest BCUT2D eigenvalue weighted by atomic mass is 32.2. The summed E-state index contributed by atoms with van der Waals surface area (Å²) in [6.07, 6.45) is 0.579. The Labute approximate surface area is 144 Å². The number of amides is 1. The van der Waals surface area contributed by atoms with Gasteiger partial charge in [-0.2, -0.15) is 4.31 Å². The fraction of sp³-hybridized carbons (Fsp3) is 0.235. The molecule has 0 spiro atoms. The number of nitrogens with zero attached hydrogens (tertiary/aromatic N) is 1. The van der Waals surface area contributed by atoms with Crippen molar-refractivity contribution in [3.63, 3.8) is 0 Å². The van der Waals surface area contributed by atoms with Crippen LogP contribution in [0.25, 0.3) is 0 Å². The van der Waals surface area contributed by atoms with Crippen LogP contribution in [0.1, 0.15) is 17.5 Å². The van der Waals surface area contributed by atoms with Crippen LogP contribution in [0.4, 0.5) is 14.5 Å². The predicted octanol–water partition coefficient (Wildman–Crippen LogP) is 2.67. The molecule has 0 saturated heterocycles. The smallest absolute Gasteiger partial charge is 0.246 e. The van der Waals surface area contributed by atoms with Crippen molar-refractivity contribution in [2.45, 2.75) is 24.3 Å². The van der Waals surface area contributed by atoms with Crippen LogP contribution in [0, 0.1) is 11.6 Å². The van der Waals surface area contributed by atoms with Gasteiger partial charge in [-0.25, -0.2) is 17.2 Å². The van der Waals surface area contributed by atoms with E-state index in [4.69, 9.17) is 0 Å². The van der Waals surface area contributed by atoms with E-state index in [0.29, 0.717) is 23.2 Å². The molecule has 0 unspecified atom stereocenters. The summed E-state index contributed by atoms with van der Waals surface area (Å²) < 4.78 is 53.7. The van der Waals surface area contributed by atoms with E-state index in [2.05, 4.69) is 5.32 Å². The lowest BCUT2D eigenvalue weighted by Gasteiger charge is -2.21. The second kappa shape index (κ2) is 6.53. The summed E-state index contributed by atoms with van der Waals surface area (Å²) in [6, 6.07) is 7.71. The number of hydrogen-bond donors (Lipinski definition) is 1. The highest BCUT2D eigenvalue weighted by Gasteiger charge is 2.27. The SMILES string of the molecule is CN(Cc1ccc(F)cc1)S(=O)(=O)c1cc2c(cc1F)NC(=O)CC2. The maximum absolute atomic E-state index is 14.3. The summed E-state index contributed by atoms with van der Waals surface area (Å²) in [6.45, 7) is -0.0180. The molecule has 5 nitrogen and oxygen atoms in total. The molecule has 0 fully saturated rings. The van der Waals surface area contributed by atoms with Gasteiger partial charge in [-0.3, -0.25) is 4.79 Å². The molecule has 1 amide bonds. The van der Waals surface area contributed by atoms with E-state index in [9.17, 15) is 22.0 Å². The van der Waals surface area contributed by atoms with Gasteiger partial charge in [0.2, 0.25) is 15.9 Å². The third kappa shape index (κ3) is 3.54. The van der Waals surface area contributed by atoms with Crippen LogP contribution >= 0.6 is 0 Å². The number of hydrogen-bond acceptors (Lipinski definition) is 3. The Morgan fingerprint density at radius 3 is 2.48 bits per heavy atom. The minimum atomic E-state index is -4.07. The van der Waals surface area contributed by atoms with E-state index < -0.39 is 26.6 Å². The Hall–Kier alpha value is -2.32. The summed E-state index contributed by atoms with van der Waals surface area (Å²) in [5.74, 6) is -1.57. The highest BCUT2D eigenvalue weighted by Crippen LogP contribution is 2.29. The lowest BCUT2D eigenvalue weighted by Crippen LogP contribution is -2.28. The first kappa shape index (κ1) is 17.5. The topological polar surface area (TPSA) is 66.5 Å². The van der Waals surface area contributed by atoms with Gasteiger partial charge in [-0.1, -0.05) is 12.1 Å².